The van der Waals surface area contributed by atoms with Crippen LogP contribution in [0.25, 0.3) is 10.9 Å². The zero-order valence-electron chi connectivity index (χ0n) is 21.6. The Hall–Kier alpha value is -4.31. The molecule has 1 saturated carbocycles. The minimum Gasteiger partial charge on any atom is -0.497 e. The number of nitrogens with zero attached hydrogens (tertiary/aromatic N) is 3. The van der Waals surface area contributed by atoms with E-state index in [4.69, 9.17) is 14.2 Å². The molecule has 3 heterocycles. The number of hydrogen-bond acceptors (Lipinski definition) is 8. The number of para-hydroxylation sites is 1. The van der Waals surface area contributed by atoms with E-state index in [2.05, 4.69) is 30.7 Å². The number of carbonyl (C=O) groups excluding carboxylic acids is 1. The van der Waals surface area contributed by atoms with Crippen molar-refractivity contribution in [3.8, 4) is 11.5 Å². The Bertz CT molecular complexity index is 1360. The van der Waals surface area contributed by atoms with Gasteiger partial charge < -0.3 is 29.7 Å². The molecule has 10 heteroatoms. The van der Waals surface area contributed by atoms with Crippen molar-refractivity contribution in [2.24, 2.45) is 5.92 Å². The van der Waals surface area contributed by atoms with Gasteiger partial charge in [-0.05, 0) is 55.3 Å². The first kappa shape index (κ1) is 25.3. The Morgan fingerprint density at radius 3 is 2.50 bits per heavy atom. The summed E-state index contributed by atoms with van der Waals surface area (Å²) in [5.74, 6) is 3.49. The van der Waals surface area contributed by atoms with Gasteiger partial charge in [-0.2, -0.15) is 5.10 Å². The van der Waals surface area contributed by atoms with Crippen LogP contribution in [0, 0.1) is 5.92 Å². The quantitative estimate of drug-likeness (QED) is 0.327. The highest BCUT2D eigenvalue weighted by molar-refractivity contribution is 5.94. The largest absolute Gasteiger partial charge is 0.497 e. The van der Waals surface area contributed by atoms with E-state index in [1.54, 1.807) is 20.4 Å². The zero-order valence-corrected chi connectivity index (χ0v) is 21.6. The number of pyridine rings is 1. The molecule has 0 atom stereocenters. The summed E-state index contributed by atoms with van der Waals surface area (Å²) in [6.45, 7) is 3.01. The van der Waals surface area contributed by atoms with Crippen LogP contribution in [0.5, 0.6) is 11.5 Å². The van der Waals surface area contributed by atoms with Gasteiger partial charge in [-0.15, -0.1) is 0 Å². The van der Waals surface area contributed by atoms with Crippen LogP contribution >= 0.6 is 0 Å². The molecule has 2 aromatic carbocycles. The van der Waals surface area contributed by atoms with E-state index in [1.165, 1.54) is 0 Å². The van der Waals surface area contributed by atoms with Crippen LogP contribution in [-0.2, 0) is 9.53 Å². The number of amides is 1. The van der Waals surface area contributed by atoms with Crippen molar-refractivity contribution >= 4 is 39.8 Å². The molecule has 1 aliphatic carbocycles. The second-order valence-electron chi connectivity index (χ2n) is 9.05. The second-order valence-corrected chi connectivity index (χ2v) is 9.05. The average Bonchev–Trinajstić information content (AvgIpc) is 3.76. The van der Waals surface area contributed by atoms with Gasteiger partial charge in [0, 0.05) is 36.3 Å². The fraction of sp³-hybridized carbons (Fsp3) is 0.321. The van der Waals surface area contributed by atoms with Gasteiger partial charge in [0.1, 0.15) is 5.75 Å². The van der Waals surface area contributed by atoms with Crippen molar-refractivity contribution < 1.29 is 19.0 Å². The van der Waals surface area contributed by atoms with Gasteiger partial charge in [0.05, 0.1) is 38.6 Å². The Labute approximate surface area is 221 Å². The molecule has 2 aliphatic rings. The number of hydrogen-bond donors (Lipinski definition) is 3. The maximum atomic E-state index is 11.4. The van der Waals surface area contributed by atoms with E-state index in [9.17, 15) is 4.79 Å². The standard InChI is InChI=1S/C17H19N5O2.C11H13NO2/c1-23-15-14(6-7-18-17(15)22-8-10-24-11-9-22)19-16-12-4-2-3-5-13(12)20-21-16;1-14-10-6-4-9(5-7-10)12-11(13)8-2-3-8/h2-7H,8-11H2,1H3,(H2,18,19,20,21);4-8H,2-3H2,1H3,(H,12,13). The maximum Gasteiger partial charge on any atom is 0.227 e. The summed E-state index contributed by atoms with van der Waals surface area (Å²) in [6, 6.07) is 17.3. The van der Waals surface area contributed by atoms with Crippen molar-refractivity contribution in [2.45, 2.75) is 12.8 Å². The lowest BCUT2D eigenvalue weighted by atomic mass is 10.2. The number of anilines is 4. The number of methoxy groups -OCH3 is 2. The van der Waals surface area contributed by atoms with E-state index in [1.807, 2.05) is 54.6 Å². The maximum absolute atomic E-state index is 11.4. The molecule has 2 fully saturated rings. The molecule has 0 radical (unpaired) electrons. The third-order valence-electron chi connectivity index (χ3n) is 6.43. The summed E-state index contributed by atoms with van der Waals surface area (Å²) in [7, 11) is 3.28. The molecule has 4 aromatic rings. The lowest BCUT2D eigenvalue weighted by Crippen LogP contribution is -2.37. The predicted octanol–water partition coefficient (Wildman–Crippen LogP) is 4.59. The van der Waals surface area contributed by atoms with E-state index in [0.29, 0.717) is 19.0 Å². The first-order valence-electron chi connectivity index (χ1n) is 12.7. The zero-order chi connectivity index (χ0) is 26.3. The number of morpholine rings is 1. The van der Waals surface area contributed by atoms with Gasteiger partial charge >= 0.3 is 0 Å². The van der Waals surface area contributed by atoms with Crippen LogP contribution in [0.4, 0.5) is 23.0 Å². The predicted molar refractivity (Wildman–Crippen MR) is 148 cm³/mol. The van der Waals surface area contributed by atoms with Crippen molar-refractivity contribution in [1.82, 2.24) is 15.2 Å². The summed E-state index contributed by atoms with van der Waals surface area (Å²) in [6.07, 6.45) is 3.84. The van der Waals surface area contributed by atoms with Gasteiger partial charge in [0.15, 0.2) is 17.4 Å². The summed E-state index contributed by atoms with van der Waals surface area (Å²) in [5, 5.41) is 14.6. The van der Waals surface area contributed by atoms with E-state index in [-0.39, 0.29) is 11.8 Å². The summed E-state index contributed by atoms with van der Waals surface area (Å²) < 4.78 is 16.1. The number of H-pyrrole nitrogens is 1. The number of aromatic nitrogens is 3. The van der Waals surface area contributed by atoms with Crippen molar-refractivity contribution in [2.75, 3.05) is 56.1 Å². The van der Waals surface area contributed by atoms with E-state index < -0.39 is 0 Å². The van der Waals surface area contributed by atoms with Crippen LogP contribution in [0.3, 0.4) is 0 Å². The Kier molecular flexibility index (Phi) is 7.89. The highest BCUT2D eigenvalue weighted by Gasteiger charge is 2.29. The lowest BCUT2D eigenvalue weighted by Gasteiger charge is -2.29. The van der Waals surface area contributed by atoms with E-state index >= 15 is 0 Å². The van der Waals surface area contributed by atoms with Crippen LogP contribution in [0.1, 0.15) is 12.8 Å². The minimum atomic E-state index is 0.134. The van der Waals surface area contributed by atoms with Gasteiger partial charge in [-0.3, -0.25) is 9.89 Å². The first-order chi connectivity index (χ1) is 18.7. The van der Waals surface area contributed by atoms with Crippen LogP contribution in [-0.4, -0.2) is 61.6 Å². The highest BCUT2D eigenvalue weighted by Crippen LogP contribution is 2.36. The fourth-order valence-electron chi connectivity index (χ4n) is 4.19. The number of nitrogens with one attached hydrogen (secondary N) is 3. The molecule has 0 bridgehead atoms. The second kappa shape index (κ2) is 11.8. The fourth-order valence-corrected chi connectivity index (χ4v) is 4.19. The molecule has 0 unspecified atom stereocenters. The van der Waals surface area contributed by atoms with Crippen molar-refractivity contribution in [3.05, 3.63) is 60.8 Å². The Balaban J connectivity index is 0.000000179. The molecular formula is C28H32N6O4. The van der Waals surface area contributed by atoms with Crippen molar-refractivity contribution in [3.63, 3.8) is 0 Å². The SMILES string of the molecule is COc1c(Nc2n[nH]c3ccccc23)ccnc1N1CCOCC1.COc1ccc(NC(=O)C2CC2)cc1. The smallest absolute Gasteiger partial charge is 0.227 e. The lowest BCUT2D eigenvalue weighted by molar-refractivity contribution is -0.117. The number of ether oxygens (including phenoxy) is 3. The van der Waals surface area contributed by atoms with Gasteiger partial charge in [0.25, 0.3) is 0 Å². The Morgan fingerprint density at radius 2 is 1.79 bits per heavy atom. The Morgan fingerprint density at radius 1 is 1.03 bits per heavy atom. The molecule has 198 valence electrons. The van der Waals surface area contributed by atoms with Gasteiger partial charge in [-0.25, -0.2) is 4.98 Å². The van der Waals surface area contributed by atoms with Crippen LogP contribution in [0.2, 0.25) is 0 Å². The third kappa shape index (κ3) is 5.97. The number of carbonyl (C=O) groups is 1. The van der Waals surface area contributed by atoms with Crippen LogP contribution < -0.4 is 25.0 Å². The molecular weight excluding hydrogens is 484 g/mol. The summed E-state index contributed by atoms with van der Waals surface area (Å²) in [4.78, 5) is 18.1. The number of rotatable bonds is 7. The van der Waals surface area contributed by atoms with Gasteiger partial charge in [0.2, 0.25) is 5.91 Å². The molecule has 0 spiro atoms. The van der Waals surface area contributed by atoms with Crippen LogP contribution in [0.15, 0.2) is 60.8 Å². The molecule has 1 aliphatic heterocycles. The minimum absolute atomic E-state index is 0.134. The summed E-state index contributed by atoms with van der Waals surface area (Å²) >= 11 is 0. The van der Waals surface area contributed by atoms with Crippen molar-refractivity contribution in [1.29, 1.82) is 0 Å². The summed E-state index contributed by atoms with van der Waals surface area (Å²) in [5.41, 5.74) is 2.66. The molecule has 3 N–H and O–H groups in total. The first-order valence-corrected chi connectivity index (χ1v) is 12.7. The average molecular weight is 517 g/mol. The molecule has 10 nitrogen and oxygen atoms in total. The normalized spacial score (nSPS) is 14.8. The molecule has 1 amide bonds. The molecule has 1 saturated heterocycles. The highest BCUT2D eigenvalue weighted by atomic mass is 16.5. The van der Waals surface area contributed by atoms with Gasteiger partial charge in [-0.1, -0.05) is 12.1 Å². The molecule has 6 rings (SSSR count). The van der Waals surface area contributed by atoms with E-state index in [0.717, 1.165) is 65.6 Å². The number of benzene rings is 2. The monoisotopic (exact) mass is 516 g/mol. The topological polar surface area (TPSA) is 114 Å². The number of aromatic amines is 1. The molecule has 2 aromatic heterocycles. The third-order valence-corrected chi connectivity index (χ3v) is 6.43. The number of fused-ring (bicyclic) bond motifs is 1. The molecule has 38 heavy (non-hydrogen) atoms.